The molecule has 4 heteroatoms. The van der Waals surface area contributed by atoms with Crippen LogP contribution in [0.2, 0.25) is 0 Å². The minimum absolute atomic E-state index is 0.150. The van der Waals surface area contributed by atoms with Gasteiger partial charge in [0.2, 0.25) is 0 Å². The number of benzene rings is 1. The Kier molecular flexibility index (Phi) is 4.53. The molecule has 0 aliphatic heterocycles. The van der Waals surface area contributed by atoms with Crippen LogP contribution in [0.15, 0.2) is 18.2 Å². The van der Waals surface area contributed by atoms with Crippen molar-refractivity contribution in [2.45, 2.75) is 44.8 Å². The van der Waals surface area contributed by atoms with Crippen LogP contribution in [0.25, 0.3) is 0 Å². The molecule has 1 saturated carbocycles. The van der Waals surface area contributed by atoms with Gasteiger partial charge in [0.15, 0.2) is 0 Å². The van der Waals surface area contributed by atoms with E-state index in [1.54, 1.807) is 0 Å². The molecule has 1 aromatic rings. The summed E-state index contributed by atoms with van der Waals surface area (Å²) in [5, 5.41) is 0. The molecule has 2 nitrogen and oxygen atoms in total. The third kappa shape index (κ3) is 3.51. The topological polar surface area (TPSA) is 35.2 Å². The molecule has 0 unspecified atom stereocenters. The van der Waals surface area contributed by atoms with Crippen LogP contribution in [0.3, 0.4) is 0 Å². The van der Waals surface area contributed by atoms with E-state index in [1.807, 2.05) is 0 Å². The molecule has 0 heterocycles. The Balaban J connectivity index is 2.00. The highest BCUT2D eigenvalue weighted by atomic mass is 19.1. The molecule has 2 rings (SSSR count). The first-order valence-electron chi connectivity index (χ1n) is 6.83. The van der Waals surface area contributed by atoms with Gasteiger partial charge < -0.3 is 10.5 Å². The zero-order valence-electron chi connectivity index (χ0n) is 11.3. The summed E-state index contributed by atoms with van der Waals surface area (Å²) in [4.78, 5) is 0. The molecule has 1 aromatic carbocycles. The van der Waals surface area contributed by atoms with E-state index in [2.05, 4.69) is 6.92 Å². The molecule has 0 amide bonds. The molecule has 19 heavy (non-hydrogen) atoms. The Morgan fingerprint density at radius 2 is 2.00 bits per heavy atom. The van der Waals surface area contributed by atoms with E-state index in [0.29, 0.717) is 18.0 Å². The predicted molar refractivity (Wildman–Crippen MR) is 70.6 cm³/mol. The van der Waals surface area contributed by atoms with Crippen molar-refractivity contribution < 1.29 is 13.5 Å². The van der Waals surface area contributed by atoms with Crippen LogP contribution in [0.5, 0.6) is 0 Å². The second kappa shape index (κ2) is 5.97. The molecule has 0 aromatic heterocycles. The monoisotopic (exact) mass is 269 g/mol. The van der Waals surface area contributed by atoms with E-state index in [1.165, 1.54) is 12.1 Å². The van der Waals surface area contributed by atoms with Gasteiger partial charge in [-0.3, -0.25) is 0 Å². The summed E-state index contributed by atoms with van der Waals surface area (Å²) in [5.41, 5.74) is 5.87. The average molecular weight is 269 g/mol. The van der Waals surface area contributed by atoms with Crippen LogP contribution in [0, 0.1) is 17.6 Å². The maximum atomic E-state index is 13.5. The summed E-state index contributed by atoms with van der Waals surface area (Å²) < 4.78 is 32.3. The van der Waals surface area contributed by atoms with Gasteiger partial charge in [-0.05, 0) is 37.7 Å². The maximum Gasteiger partial charge on any atom is 0.131 e. The predicted octanol–water partition coefficient (Wildman–Crippen LogP) is 3.39. The third-order valence-electron chi connectivity index (χ3n) is 4.11. The lowest BCUT2D eigenvalue weighted by atomic mass is 9.79. The minimum Gasteiger partial charge on any atom is -0.369 e. The Morgan fingerprint density at radius 3 is 2.58 bits per heavy atom. The minimum atomic E-state index is -0.568. The van der Waals surface area contributed by atoms with Crippen LogP contribution in [-0.2, 0) is 11.3 Å². The third-order valence-corrected chi connectivity index (χ3v) is 4.11. The molecule has 2 N–H and O–H groups in total. The van der Waals surface area contributed by atoms with E-state index in [-0.39, 0.29) is 12.2 Å². The zero-order valence-corrected chi connectivity index (χ0v) is 11.3. The first-order chi connectivity index (χ1) is 9.04. The summed E-state index contributed by atoms with van der Waals surface area (Å²) in [6, 6.07) is 3.57. The molecule has 0 radical (unpaired) electrons. The molecular formula is C15H21F2NO. The molecule has 1 fully saturated rings. The van der Waals surface area contributed by atoms with Gasteiger partial charge in [-0.15, -0.1) is 0 Å². The van der Waals surface area contributed by atoms with Crippen molar-refractivity contribution in [1.29, 1.82) is 0 Å². The van der Waals surface area contributed by atoms with Gasteiger partial charge in [-0.2, -0.15) is 0 Å². The molecule has 1 aliphatic rings. The van der Waals surface area contributed by atoms with Gasteiger partial charge in [0.05, 0.1) is 12.2 Å². The van der Waals surface area contributed by atoms with Crippen molar-refractivity contribution in [3.63, 3.8) is 0 Å². The Labute approximate surface area is 112 Å². The van der Waals surface area contributed by atoms with E-state index in [4.69, 9.17) is 10.5 Å². The number of ether oxygens (including phenoxy) is 1. The van der Waals surface area contributed by atoms with Crippen LogP contribution in [0.4, 0.5) is 8.78 Å². The molecule has 0 bridgehead atoms. The smallest absolute Gasteiger partial charge is 0.131 e. The highest BCUT2D eigenvalue weighted by molar-refractivity contribution is 5.17. The van der Waals surface area contributed by atoms with Gasteiger partial charge >= 0.3 is 0 Å². The SMILES string of the molecule is CC1CCC(CN)(OCc2ccc(F)cc2F)CC1. The fraction of sp³-hybridized carbons (Fsp3) is 0.600. The molecule has 0 spiro atoms. The van der Waals surface area contributed by atoms with Crippen molar-refractivity contribution in [2.24, 2.45) is 11.7 Å². The fourth-order valence-electron chi connectivity index (χ4n) is 2.57. The molecular weight excluding hydrogens is 248 g/mol. The van der Waals surface area contributed by atoms with E-state index >= 15 is 0 Å². The lowest BCUT2D eigenvalue weighted by Crippen LogP contribution is -2.43. The molecule has 106 valence electrons. The van der Waals surface area contributed by atoms with Gasteiger partial charge in [0, 0.05) is 18.2 Å². The van der Waals surface area contributed by atoms with E-state index in [9.17, 15) is 8.78 Å². The van der Waals surface area contributed by atoms with Crippen LogP contribution in [-0.4, -0.2) is 12.1 Å². The second-order valence-corrected chi connectivity index (χ2v) is 5.59. The highest BCUT2D eigenvalue weighted by Crippen LogP contribution is 2.34. The Bertz CT molecular complexity index is 428. The van der Waals surface area contributed by atoms with E-state index < -0.39 is 11.6 Å². The van der Waals surface area contributed by atoms with Gasteiger partial charge in [-0.25, -0.2) is 8.78 Å². The highest BCUT2D eigenvalue weighted by Gasteiger charge is 2.34. The van der Waals surface area contributed by atoms with Crippen LogP contribution >= 0.6 is 0 Å². The molecule has 0 atom stereocenters. The lowest BCUT2D eigenvalue weighted by molar-refractivity contribution is -0.0806. The summed E-state index contributed by atoms with van der Waals surface area (Å²) in [6.07, 6.45) is 3.99. The quantitative estimate of drug-likeness (QED) is 0.909. The normalized spacial score (nSPS) is 27.5. The van der Waals surface area contributed by atoms with Gasteiger partial charge in [0.1, 0.15) is 11.6 Å². The average Bonchev–Trinajstić information content (AvgIpc) is 2.40. The first kappa shape index (κ1) is 14.4. The van der Waals surface area contributed by atoms with Gasteiger partial charge in [-0.1, -0.05) is 13.0 Å². The Hall–Kier alpha value is -1.00. The largest absolute Gasteiger partial charge is 0.369 e. The second-order valence-electron chi connectivity index (χ2n) is 5.59. The number of halogens is 2. The van der Waals surface area contributed by atoms with Crippen molar-refractivity contribution in [1.82, 2.24) is 0 Å². The van der Waals surface area contributed by atoms with Crippen molar-refractivity contribution in [3.05, 3.63) is 35.4 Å². The Morgan fingerprint density at radius 1 is 1.32 bits per heavy atom. The van der Waals surface area contributed by atoms with Crippen molar-refractivity contribution in [2.75, 3.05) is 6.54 Å². The standard InChI is InChI=1S/C15H21F2NO/c1-11-4-6-15(10-18,7-5-11)19-9-12-2-3-13(16)8-14(12)17/h2-3,8,11H,4-7,9-10,18H2,1H3. The molecule has 1 aliphatic carbocycles. The van der Waals surface area contributed by atoms with Crippen LogP contribution < -0.4 is 5.73 Å². The van der Waals surface area contributed by atoms with E-state index in [0.717, 1.165) is 31.7 Å². The number of hydrogen-bond donors (Lipinski definition) is 1. The first-order valence-corrected chi connectivity index (χ1v) is 6.83. The summed E-state index contributed by atoms with van der Waals surface area (Å²) >= 11 is 0. The number of nitrogens with two attached hydrogens (primary N) is 1. The number of rotatable bonds is 4. The summed E-state index contributed by atoms with van der Waals surface area (Å²) in [7, 11) is 0. The zero-order chi connectivity index (χ0) is 13.9. The van der Waals surface area contributed by atoms with Gasteiger partial charge in [0.25, 0.3) is 0 Å². The maximum absolute atomic E-state index is 13.5. The van der Waals surface area contributed by atoms with Crippen LogP contribution in [0.1, 0.15) is 38.2 Å². The summed E-state index contributed by atoms with van der Waals surface area (Å²) in [6.45, 7) is 2.82. The van der Waals surface area contributed by atoms with Crippen molar-refractivity contribution >= 4 is 0 Å². The lowest BCUT2D eigenvalue weighted by Gasteiger charge is -2.38. The summed E-state index contributed by atoms with van der Waals surface area (Å²) in [5.74, 6) is -0.427. The van der Waals surface area contributed by atoms with Crippen molar-refractivity contribution in [3.8, 4) is 0 Å². The fourth-order valence-corrected chi connectivity index (χ4v) is 2.57. The molecule has 0 saturated heterocycles. The number of hydrogen-bond acceptors (Lipinski definition) is 2.